The standard InChI is InChI=1S/C14H28N2O4/c1-5-12(4)16(9-13(17)18)14(19)15-7-6-8-20-10-11(2)3/h11-12H,5-10H2,1-4H3,(H,15,19)(H,17,18). The van der Waals surface area contributed by atoms with Crippen LogP contribution in [0.1, 0.15) is 40.5 Å². The highest BCUT2D eigenvalue weighted by Crippen LogP contribution is 2.03. The summed E-state index contributed by atoms with van der Waals surface area (Å²) in [7, 11) is 0. The van der Waals surface area contributed by atoms with Crippen LogP contribution in [0.25, 0.3) is 0 Å². The van der Waals surface area contributed by atoms with Gasteiger partial charge in [-0.05, 0) is 25.7 Å². The van der Waals surface area contributed by atoms with E-state index in [-0.39, 0.29) is 18.6 Å². The fourth-order valence-electron chi connectivity index (χ4n) is 1.58. The Morgan fingerprint density at radius 3 is 2.45 bits per heavy atom. The number of nitrogens with one attached hydrogen (secondary N) is 1. The number of aliphatic carboxylic acids is 1. The second-order valence-electron chi connectivity index (χ2n) is 5.33. The summed E-state index contributed by atoms with van der Waals surface area (Å²) in [5, 5.41) is 11.6. The molecule has 0 rings (SSSR count). The molecule has 0 saturated carbocycles. The summed E-state index contributed by atoms with van der Waals surface area (Å²) in [5.74, 6) is -0.498. The van der Waals surface area contributed by atoms with Crippen molar-refractivity contribution in [3.05, 3.63) is 0 Å². The number of nitrogens with zero attached hydrogens (tertiary/aromatic N) is 1. The van der Waals surface area contributed by atoms with Crippen molar-refractivity contribution in [2.45, 2.75) is 46.6 Å². The van der Waals surface area contributed by atoms with Gasteiger partial charge in [-0.2, -0.15) is 0 Å². The molecule has 0 aliphatic rings. The lowest BCUT2D eigenvalue weighted by atomic mass is 10.2. The molecule has 0 fully saturated rings. The largest absolute Gasteiger partial charge is 0.480 e. The maximum absolute atomic E-state index is 11.9. The molecule has 1 atom stereocenters. The summed E-state index contributed by atoms with van der Waals surface area (Å²) in [5.41, 5.74) is 0. The van der Waals surface area contributed by atoms with E-state index in [1.54, 1.807) is 0 Å². The zero-order valence-corrected chi connectivity index (χ0v) is 13.0. The molecule has 118 valence electrons. The maximum atomic E-state index is 11.9. The Kier molecular flexibility index (Phi) is 9.80. The molecule has 20 heavy (non-hydrogen) atoms. The van der Waals surface area contributed by atoms with Crippen molar-refractivity contribution in [1.29, 1.82) is 0 Å². The highest BCUT2D eigenvalue weighted by Gasteiger charge is 2.20. The minimum atomic E-state index is -0.999. The first-order valence-electron chi connectivity index (χ1n) is 7.22. The Bertz CT molecular complexity index is 295. The Morgan fingerprint density at radius 1 is 1.30 bits per heavy atom. The monoisotopic (exact) mass is 288 g/mol. The van der Waals surface area contributed by atoms with E-state index in [1.165, 1.54) is 4.90 Å². The number of hydrogen-bond acceptors (Lipinski definition) is 3. The van der Waals surface area contributed by atoms with Crippen LogP contribution < -0.4 is 5.32 Å². The molecule has 6 nitrogen and oxygen atoms in total. The molecule has 2 amide bonds. The Labute approximate surface area is 121 Å². The molecule has 1 unspecified atom stereocenters. The van der Waals surface area contributed by atoms with E-state index in [0.717, 1.165) is 12.8 Å². The molecule has 0 heterocycles. The number of urea groups is 1. The average Bonchev–Trinajstić information content (AvgIpc) is 2.38. The van der Waals surface area contributed by atoms with Gasteiger partial charge in [-0.3, -0.25) is 4.79 Å². The number of rotatable bonds is 10. The fourth-order valence-corrected chi connectivity index (χ4v) is 1.58. The van der Waals surface area contributed by atoms with Gasteiger partial charge in [-0.15, -0.1) is 0 Å². The Morgan fingerprint density at radius 2 is 1.95 bits per heavy atom. The third-order valence-corrected chi connectivity index (χ3v) is 2.88. The highest BCUT2D eigenvalue weighted by atomic mass is 16.5. The maximum Gasteiger partial charge on any atom is 0.323 e. The van der Waals surface area contributed by atoms with Gasteiger partial charge in [0.25, 0.3) is 0 Å². The summed E-state index contributed by atoms with van der Waals surface area (Å²) >= 11 is 0. The predicted molar refractivity (Wildman–Crippen MR) is 77.8 cm³/mol. The molecule has 0 bridgehead atoms. The quantitative estimate of drug-likeness (QED) is 0.602. The van der Waals surface area contributed by atoms with Gasteiger partial charge < -0.3 is 20.1 Å². The Hall–Kier alpha value is -1.30. The topological polar surface area (TPSA) is 78.9 Å². The number of amides is 2. The summed E-state index contributed by atoms with van der Waals surface area (Å²) in [6.07, 6.45) is 1.44. The summed E-state index contributed by atoms with van der Waals surface area (Å²) in [6.45, 7) is 9.46. The van der Waals surface area contributed by atoms with E-state index in [1.807, 2.05) is 13.8 Å². The summed E-state index contributed by atoms with van der Waals surface area (Å²) < 4.78 is 5.41. The Balaban J connectivity index is 3.98. The number of carbonyl (C=O) groups excluding carboxylic acids is 1. The summed E-state index contributed by atoms with van der Waals surface area (Å²) in [6, 6.07) is -0.422. The zero-order valence-electron chi connectivity index (χ0n) is 13.0. The van der Waals surface area contributed by atoms with Gasteiger partial charge in [0, 0.05) is 25.8 Å². The molecule has 0 radical (unpaired) electrons. The van der Waals surface area contributed by atoms with Crippen molar-refractivity contribution in [2.24, 2.45) is 5.92 Å². The zero-order chi connectivity index (χ0) is 15.5. The van der Waals surface area contributed by atoms with E-state index >= 15 is 0 Å². The van der Waals surface area contributed by atoms with Gasteiger partial charge in [0.05, 0.1) is 0 Å². The van der Waals surface area contributed by atoms with Crippen molar-refractivity contribution in [3.63, 3.8) is 0 Å². The third kappa shape index (κ3) is 8.74. The van der Waals surface area contributed by atoms with Crippen molar-refractivity contribution >= 4 is 12.0 Å². The molecular weight excluding hydrogens is 260 g/mol. The van der Waals surface area contributed by atoms with Crippen molar-refractivity contribution in [1.82, 2.24) is 10.2 Å². The van der Waals surface area contributed by atoms with Gasteiger partial charge in [-0.1, -0.05) is 20.8 Å². The van der Waals surface area contributed by atoms with Gasteiger partial charge in [0.2, 0.25) is 0 Å². The predicted octanol–water partition coefficient (Wildman–Crippen LogP) is 1.94. The van der Waals surface area contributed by atoms with E-state index in [9.17, 15) is 9.59 Å². The lowest BCUT2D eigenvalue weighted by molar-refractivity contribution is -0.138. The number of carbonyl (C=O) groups is 2. The minimum Gasteiger partial charge on any atom is -0.480 e. The van der Waals surface area contributed by atoms with Crippen LogP contribution in [0.2, 0.25) is 0 Å². The molecule has 2 N–H and O–H groups in total. The first-order chi connectivity index (χ1) is 9.38. The molecule has 0 aromatic rings. The van der Waals surface area contributed by atoms with Crippen LogP contribution in [-0.4, -0.2) is 54.4 Å². The lowest BCUT2D eigenvalue weighted by Crippen LogP contribution is -2.47. The van der Waals surface area contributed by atoms with Crippen LogP contribution in [0.15, 0.2) is 0 Å². The average molecular weight is 288 g/mol. The van der Waals surface area contributed by atoms with Crippen LogP contribution in [-0.2, 0) is 9.53 Å². The number of ether oxygens (including phenoxy) is 1. The highest BCUT2D eigenvalue weighted by molar-refractivity contribution is 5.80. The van der Waals surface area contributed by atoms with Crippen LogP contribution in [0.4, 0.5) is 4.79 Å². The van der Waals surface area contributed by atoms with Crippen molar-refractivity contribution < 1.29 is 19.4 Å². The van der Waals surface area contributed by atoms with E-state index < -0.39 is 5.97 Å². The van der Waals surface area contributed by atoms with Gasteiger partial charge in [-0.25, -0.2) is 4.79 Å². The van der Waals surface area contributed by atoms with E-state index in [0.29, 0.717) is 25.7 Å². The van der Waals surface area contributed by atoms with Crippen LogP contribution >= 0.6 is 0 Å². The van der Waals surface area contributed by atoms with Gasteiger partial charge >= 0.3 is 12.0 Å². The third-order valence-electron chi connectivity index (χ3n) is 2.88. The fraction of sp³-hybridized carbons (Fsp3) is 0.857. The summed E-state index contributed by atoms with van der Waals surface area (Å²) in [4.78, 5) is 24.0. The first kappa shape index (κ1) is 18.7. The molecule has 6 heteroatoms. The van der Waals surface area contributed by atoms with Crippen molar-refractivity contribution in [2.75, 3.05) is 26.3 Å². The smallest absolute Gasteiger partial charge is 0.323 e. The number of carboxylic acids is 1. The van der Waals surface area contributed by atoms with Gasteiger partial charge in [0.1, 0.15) is 6.54 Å². The van der Waals surface area contributed by atoms with Crippen LogP contribution in [0.3, 0.4) is 0 Å². The normalized spacial score (nSPS) is 12.2. The van der Waals surface area contributed by atoms with E-state index in [4.69, 9.17) is 9.84 Å². The lowest BCUT2D eigenvalue weighted by Gasteiger charge is -2.27. The molecule has 0 aliphatic heterocycles. The van der Waals surface area contributed by atoms with Crippen molar-refractivity contribution in [3.8, 4) is 0 Å². The molecule has 0 aromatic heterocycles. The second-order valence-corrected chi connectivity index (χ2v) is 5.33. The number of carboxylic acid groups (broad SMARTS) is 1. The van der Waals surface area contributed by atoms with Crippen LogP contribution in [0, 0.1) is 5.92 Å². The number of hydrogen-bond donors (Lipinski definition) is 2. The molecule has 0 spiro atoms. The molecule has 0 saturated heterocycles. The molecule has 0 aromatic carbocycles. The van der Waals surface area contributed by atoms with Crippen LogP contribution in [0.5, 0.6) is 0 Å². The van der Waals surface area contributed by atoms with E-state index in [2.05, 4.69) is 19.2 Å². The minimum absolute atomic E-state index is 0.0942. The van der Waals surface area contributed by atoms with Gasteiger partial charge in [0.15, 0.2) is 0 Å². The first-order valence-corrected chi connectivity index (χ1v) is 7.22. The molecular formula is C14H28N2O4. The molecule has 0 aliphatic carbocycles. The second kappa shape index (κ2) is 10.5. The SMILES string of the molecule is CCC(C)N(CC(=O)O)C(=O)NCCCOCC(C)C.